The predicted molar refractivity (Wildman–Crippen MR) is 67.2 cm³/mol. The van der Waals surface area contributed by atoms with E-state index in [1.165, 1.54) is 19.3 Å². The molecule has 0 aliphatic carbocycles. The predicted octanol–water partition coefficient (Wildman–Crippen LogP) is 2.13. The molecule has 1 fully saturated rings. The second kappa shape index (κ2) is 6.36. The molecule has 0 radical (unpaired) electrons. The van der Waals surface area contributed by atoms with Crippen molar-refractivity contribution in [2.45, 2.75) is 57.6 Å². The second-order valence-corrected chi connectivity index (χ2v) is 5.52. The lowest BCUT2D eigenvalue weighted by molar-refractivity contribution is -0.139. The lowest BCUT2D eigenvalue weighted by Gasteiger charge is -2.37. The quantitative estimate of drug-likeness (QED) is 0.776. The Kier molecular flexibility index (Phi) is 5.40. The number of likely N-dealkylation sites (tertiary alicyclic amines) is 1. The summed E-state index contributed by atoms with van der Waals surface area (Å²) in [5.74, 6) is -0.715. The third-order valence-corrected chi connectivity index (χ3v) is 3.60. The van der Waals surface area contributed by atoms with Crippen LogP contribution < -0.4 is 0 Å². The number of aliphatic carboxylic acids is 1. The van der Waals surface area contributed by atoms with E-state index in [0.29, 0.717) is 0 Å². The number of nitrogens with zero attached hydrogens (tertiary/aromatic N) is 1. The molecule has 1 rings (SSSR count). The summed E-state index contributed by atoms with van der Waals surface area (Å²) in [6, 6.07) is 0.0998. The zero-order chi connectivity index (χ0) is 12.9. The Morgan fingerprint density at radius 2 is 1.94 bits per heavy atom. The monoisotopic (exact) mass is 243 g/mol. The number of carboxylic acid groups (broad SMARTS) is 1. The van der Waals surface area contributed by atoms with Gasteiger partial charge in [0.25, 0.3) is 0 Å². The van der Waals surface area contributed by atoms with Crippen molar-refractivity contribution in [1.82, 2.24) is 4.90 Å². The average molecular weight is 243 g/mol. The summed E-state index contributed by atoms with van der Waals surface area (Å²) in [6.45, 7) is 6.09. The van der Waals surface area contributed by atoms with Gasteiger partial charge < -0.3 is 9.84 Å². The first-order valence-corrected chi connectivity index (χ1v) is 6.45. The maximum atomic E-state index is 11.0. The molecule has 1 saturated heterocycles. The molecule has 0 aromatic heterocycles. The maximum absolute atomic E-state index is 11.0. The van der Waals surface area contributed by atoms with Gasteiger partial charge in [-0.05, 0) is 46.2 Å². The van der Waals surface area contributed by atoms with Crippen molar-refractivity contribution in [3.05, 3.63) is 0 Å². The minimum Gasteiger partial charge on any atom is -0.481 e. The number of hydrogen-bond acceptors (Lipinski definition) is 3. The van der Waals surface area contributed by atoms with Crippen molar-refractivity contribution in [2.75, 3.05) is 20.2 Å². The van der Waals surface area contributed by atoms with E-state index >= 15 is 0 Å². The molecule has 1 aliphatic rings. The molecule has 4 heteroatoms. The van der Waals surface area contributed by atoms with Gasteiger partial charge in [-0.1, -0.05) is 6.42 Å². The van der Waals surface area contributed by atoms with Crippen LogP contribution in [0.1, 0.15) is 46.0 Å². The van der Waals surface area contributed by atoms with E-state index < -0.39 is 5.97 Å². The number of hydrogen-bond donors (Lipinski definition) is 1. The van der Waals surface area contributed by atoms with Crippen LogP contribution in [0.4, 0.5) is 0 Å². The first-order valence-electron chi connectivity index (χ1n) is 6.45. The van der Waals surface area contributed by atoms with Gasteiger partial charge in [0.05, 0.1) is 12.0 Å². The molecule has 1 unspecified atom stereocenters. The van der Waals surface area contributed by atoms with Crippen molar-refractivity contribution < 1.29 is 14.6 Å². The number of carboxylic acids is 1. The molecule has 0 spiro atoms. The van der Waals surface area contributed by atoms with Gasteiger partial charge in [0, 0.05) is 13.2 Å². The lowest BCUT2D eigenvalue weighted by atomic mass is 9.94. The highest BCUT2D eigenvalue weighted by Gasteiger charge is 2.29. The molecule has 0 aromatic rings. The van der Waals surface area contributed by atoms with Gasteiger partial charge in [0.1, 0.15) is 0 Å². The van der Waals surface area contributed by atoms with Crippen LogP contribution in [0, 0.1) is 0 Å². The Morgan fingerprint density at radius 3 is 2.41 bits per heavy atom. The normalized spacial score (nSPS) is 20.2. The van der Waals surface area contributed by atoms with Crippen molar-refractivity contribution in [2.24, 2.45) is 0 Å². The number of carbonyl (C=O) groups is 1. The van der Waals surface area contributed by atoms with Crippen LogP contribution in [-0.2, 0) is 9.53 Å². The van der Waals surface area contributed by atoms with Crippen LogP contribution in [0.25, 0.3) is 0 Å². The molecule has 0 aromatic carbocycles. The molecule has 1 aliphatic heterocycles. The van der Waals surface area contributed by atoms with E-state index in [2.05, 4.69) is 4.90 Å². The lowest BCUT2D eigenvalue weighted by Crippen LogP contribution is -2.44. The van der Waals surface area contributed by atoms with Gasteiger partial charge in [0.2, 0.25) is 0 Å². The highest BCUT2D eigenvalue weighted by atomic mass is 16.5. The SMILES string of the molecule is COC(C)(C)CC(CC(=O)O)N1CCCCC1. The Balaban J connectivity index is 2.61. The zero-order valence-corrected chi connectivity index (χ0v) is 11.2. The molecular formula is C13H25NO3. The smallest absolute Gasteiger partial charge is 0.304 e. The molecule has 0 saturated carbocycles. The van der Waals surface area contributed by atoms with Crippen molar-refractivity contribution in [3.8, 4) is 0 Å². The third-order valence-electron chi connectivity index (χ3n) is 3.60. The minimum atomic E-state index is -0.715. The van der Waals surface area contributed by atoms with Gasteiger partial charge in [-0.15, -0.1) is 0 Å². The van der Waals surface area contributed by atoms with Crippen LogP contribution in [0.2, 0.25) is 0 Å². The molecular weight excluding hydrogens is 218 g/mol. The maximum Gasteiger partial charge on any atom is 0.304 e. The van der Waals surface area contributed by atoms with Gasteiger partial charge in [-0.3, -0.25) is 9.69 Å². The summed E-state index contributed by atoms with van der Waals surface area (Å²) in [5, 5.41) is 9.02. The number of rotatable bonds is 6. The van der Waals surface area contributed by atoms with E-state index in [0.717, 1.165) is 19.5 Å². The van der Waals surface area contributed by atoms with E-state index in [9.17, 15) is 4.79 Å². The molecule has 0 amide bonds. The van der Waals surface area contributed by atoms with E-state index in [1.807, 2.05) is 13.8 Å². The zero-order valence-electron chi connectivity index (χ0n) is 11.2. The number of piperidine rings is 1. The largest absolute Gasteiger partial charge is 0.481 e. The molecule has 1 atom stereocenters. The van der Waals surface area contributed by atoms with Crippen LogP contribution in [-0.4, -0.2) is 47.8 Å². The number of methoxy groups -OCH3 is 1. The summed E-state index contributed by atoms with van der Waals surface area (Å²) in [7, 11) is 1.69. The standard InChI is InChI=1S/C13H25NO3/c1-13(2,17-3)10-11(9-12(15)16)14-7-5-4-6-8-14/h11H,4-10H2,1-3H3,(H,15,16). The Labute approximate surface area is 104 Å². The molecule has 0 bridgehead atoms. The van der Waals surface area contributed by atoms with Gasteiger partial charge in [-0.2, -0.15) is 0 Å². The van der Waals surface area contributed by atoms with E-state index in [4.69, 9.17) is 9.84 Å². The summed E-state index contributed by atoms with van der Waals surface area (Å²) in [6.07, 6.45) is 4.62. The molecule has 4 nitrogen and oxygen atoms in total. The third kappa shape index (κ3) is 5.04. The Hall–Kier alpha value is -0.610. The molecule has 100 valence electrons. The summed E-state index contributed by atoms with van der Waals surface area (Å²) in [4.78, 5) is 13.3. The van der Waals surface area contributed by atoms with Crippen LogP contribution >= 0.6 is 0 Å². The molecule has 17 heavy (non-hydrogen) atoms. The fraction of sp³-hybridized carbons (Fsp3) is 0.923. The topological polar surface area (TPSA) is 49.8 Å². The fourth-order valence-corrected chi connectivity index (χ4v) is 2.47. The summed E-state index contributed by atoms with van der Waals surface area (Å²) < 4.78 is 5.42. The van der Waals surface area contributed by atoms with Gasteiger partial charge in [0.15, 0.2) is 0 Å². The van der Waals surface area contributed by atoms with Crippen molar-refractivity contribution in [1.29, 1.82) is 0 Å². The molecule has 1 heterocycles. The van der Waals surface area contributed by atoms with Gasteiger partial charge in [-0.25, -0.2) is 0 Å². The summed E-state index contributed by atoms with van der Waals surface area (Å²) in [5.41, 5.74) is -0.252. The van der Waals surface area contributed by atoms with Crippen molar-refractivity contribution >= 4 is 5.97 Å². The minimum absolute atomic E-state index is 0.0998. The average Bonchev–Trinajstić information content (AvgIpc) is 2.28. The Morgan fingerprint density at radius 1 is 1.35 bits per heavy atom. The van der Waals surface area contributed by atoms with Crippen LogP contribution in [0.3, 0.4) is 0 Å². The van der Waals surface area contributed by atoms with Gasteiger partial charge >= 0.3 is 5.97 Å². The first-order chi connectivity index (χ1) is 7.94. The first kappa shape index (κ1) is 14.5. The van der Waals surface area contributed by atoms with E-state index in [-0.39, 0.29) is 18.1 Å². The highest BCUT2D eigenvalue weighted by molar-refractivity contribution is 5.67. The van der Waals surface area contributed by atoms with Crippen LogP contribution in [0.5, 0.6) is 0 Å². The second-order valence-electron chi connectivity index (χ2n) is 5.52. The Bertz CT molecular complexity index is 247. The molecule has 1 N–H and O–H groups in total. The van der Waals surface area contributed by atoms with Crippen LogP contribution in [0.15, 0.2) is 0 Å². The highest BCUT2D eigenvalue weighted by Crippen LogP contribution is 2.24. The van der Waals surface area contributed by atoms with E-state index in [1.54, 1.807) is 7.11 Å². The summed E-state index contributed by atoms with van der Waals surface area (Å²) >= 11 is 0. The number of ether oxygens (including phenoxy) is 1. The van der Waals surface area contributed by atoms with Crippen molar-refractivity contribution in [3.63, 3.8) is 0 Å². The fourth-order valence-electron chi connectivity index (χ4n) is 2.47.